The molecule has 0 bridgehead atoms. The molecule has 0 aliphatic heterocycles. The number of hydrogen-bond acceptors (Lipinski definition) is 3. The van der Waals surface area contributed by atoms with Gasteiger partial charge in [-0.25, -0.2) is 13.6 Å². The number of ether oxygens (including phenoxy) is 1. The molecule has 2 aromatic rings. The lowest BCUT2D eigenvalue weighted by Crippen LogP contribution is -2.09. The lowest BCUT2D eigenvalue weighted by molar-refractivity contribution is 0.0734. The minimum absolute atomic E-state index is 0.126. The first kappa shape index (κ1) is 18.2. The summed E-state index contributed by atoms with van der Waals surface area (Å²) in [6, 6.07) is 8.83. The van der Waals surface area contributed by atoms with Crippen molar-refractivity contribution in [1.82, 2.24) is 0 Å². The number of nitriles is 1. The van der Waals surface area contributed by atoms with Crippen LogP contribution in [0.2, 0.25) is 0 Å². The van der Waals surface area contributed by atoms with Crippen LogP contribution in [0.1, 0.15) is 27.9 Å². The lowest BCUT2D eigenvalue weighted by Gasteiger charge is -2.06. The van der Waals surface area contributed by atoms with Crippen molar-refractivity contribution in [2.45, 2.75) is 12.8 Å². The van der Waals surface area contributed by atoms with Crippen LogP contribution < -0.4 is 4.74 Å². The van der Waals surface area contributed by atoms with Gasteiger partial charge in [-0.1, -0.05) is 12.1 Å². The second kappa shape index (κ2) is 8.11. The van der Waals surface area contributed by atoms with E-state index in [-0.39, 0.29) is 17.7 Å². The maximum Gasteiger partial charge on any atom is 0.343 e. The van der Waals surface area contributed by atoms with Gasteiger partial charge in [0.15, 0.2) is 0 Å². The zero-order chi connectivity index (χ0) is 18.4. The molecule has 0 amide bonds. The van der Waals surface area contributed by atoms with Crippen molar-refractivity contribution in [3.63, 3.8) is 0 Å². The predicted molar refractivity (Wildman–Crippen MR) is 81.1 cm³/mol. The molecule has 0 spiro atoms. The van der Waals surface area contributed by atoms with Gasteiger partial charge in [0.05, 0.1) is 5.56 Å². The second-order valence-electron chi connectivity index (χ2n) is 4.99. The monoisotopic (exact) mass is 349 g/mol. The van der Waals surface area contributed by atoms with Crippen molar-refractivity contribution in [2.24, 2.45) is 0 Å². The van der Waals surface area contributed by atoms with Crippen LogP contribution in [0.25, 0.3) is 0 Å². The Kier molecular flexibility index (Phi) is 5.90. The molecule has 0 aromatic heterocycles. The number of rotatable bonds is 5. The molecule has 0 saturated carbocycles. The number of allylic oxidation sites excluding steroid dienone is 1. The number of carbonyl (C=O) groups excluding carboxylic acids is 1. The molecule has 128 valence electrons. The molecular weight excluding hydrogens is 338 g/mol. The molecule has 3 nitrogen and oxygen atoms in total. The summed E-state index contributed by atoms with van der Waals surface area (Å²) in [5, 5.41) is 8.59. The van der Waals surface area contributed by atoms with E-state index < -0.39 is 29.2 Å². The Morgan fingerprint density at radius 3 is 2.24 bits per heavy atom. The summed E-state index contributed by atoms with van der Waals surface area (Å²) in [4.78, 5) is 12.0. The van der Waals surface area contributed by atoms with Crippen molar-refractivity contribution < 1.29 is 27.1 Å². The molecule has 0 fully saturated rings. The molecule has 2 aromatic carbocycles. The Balaban J connectivity index is 2.06. The summed E-state index contributed by atoms with van der Waals surface area (Å²) in [6.07, 6.45) is -0.410. The number of benzene rings is 2. The number of aryl methyl sites for hydroxylation is 1. The fraction of sp³-hybridized carbons (Fsp3) is 0.111. The van der Waals surface area contributed by atoms with Crippen LogP contribution >= 0.6 is 0 Å². The fourth-order valence-corrected chi connectivity index (χ4v) is 2.04. The SMILES string of the molecule is N#Cc1c(F)cc(OC(=O)c2ccc(CCC=C(F)F)cc2)cc1F. The summed E-state index contributed by atoms with van der Waals surface area (Å²) in [5.74, 6) is -3.47. The van der Waals surface area contributed by atoms with Crippen LogP contribution in [0.5, 0.6) is 5.75 Å². The number of nitrogens with zero attached hydrogens (tertiary/aromatic N) is 1. The van der Waals surface area contributed by atoms with Crippen LogP contribution in [0, 0.1) is 23.0 Å². The summed E-state index contributed by atoms with van der Waals surface area (Å²) >= 11 is 0. The topological polar surface area (TPSA) is 50.1 Å². The van der Waals surface area contributed by atoms with E-state index >= 15 is 0 Å². The minimum Gasteiger partial charge on any atom is -0.423 e. The highest BCUT2D eigenvalue weighted by molar-refractivity contribution is 5.91. The fourth-order valence-electron chi connectivity index (χ4n) is 2.04. The first-order valence-electron chi connectivity index (χ1n) is 7.12. The van der Waals surface area contributed by atoms with Crippen LogP contribution in [-0.2, 0) is 6.42 Å². The third kappa shape index (κ3) is 4.91. The summed E-state index contributed by atoms with van der Waals surface area (Å²) in [6.45, 7) is 0. The number of hydrogen-bond donors (Lipinski definition) is 0. The van der Waals surface area contributed by atoms with Gasteiger partial charge in [-0.05, 0) is 36.6 Å². The highest BCUT2D eigenvalue weighted by atomic mass is 19.3. The third-order valence-electron chi connectivity index (χ3n) is 3.26. The first-order valence-corrected chi connectivity index (χ1v) is 7.12. The molecule has 0 N–H and O–H groups in total. The van der Waals surface area contributed by atoms with E-state index in [0.717, 1.165) is 23.8 Å². The molecule has 0 radical (unpaired) electrons. The number of halogens is 4. The lowest BCUT2D eigenvalue weighted by atomic mass is 10.1. The summed E-state index contributed by atoms with van der Waals surface area (Å²) < 4.78 is 55.7. The normalized spacial score (nSPS) is 10.0. The van der Waals surface area contributed by atoms with Gasteiger partial charge in [0.1, 0.15) is 29.0 Å². The zero-order valence-corrected chi connectivity index (χ0v) is 12.7. The zero-order valence-electron chi connectivity index (χ0n) is 12.7. The first-order chi connectivity index (χ1) is 11.9. The van der Waals surface area contributed by atoms with Crippen LogP contribution in [0.15, 0.2) is 48.6 Å². The Hall–Kier alpha value is -3.14. The summed E-state index contributed by atoms with van der Waals surface area (Å²) in [7, 11) is 0. The van der Waals surface area contributed by atoms with Crippen molar-refractivity contribution >= 4 is 5.97 Å². The number of carbonyl (C=O) groups is 1. The maximum absolute atomic E-state index is 13.5. The highest BCUT2D eigenvalue weighted by Gasteiger charge is 2.14. The van der Waals surface area contributed by atoms with Gasteiger partial charge in [0.25, 0.3) is 6.08 Å². The minimum atomic E-state index is -1.75. The van der Waals surface area contributed by atoms with E-state index in [1.165, 1.54) is 18.2 Å². The molecular formula is C18H11F4NO2. The Morgan fingerprint density at radius 2 is 1.72 bits per heavy atom. The maximum atomic E-state index is 13.5. The molecule has 7 heteroatoms. The average molecular weight is 349 g/mol. The van der Waals surface area contributed by atoms with Gasteiger partial charge >= 0.3 is 5.97 Å². The molecule has 25 heavy (non-hydrogen) atoms. The Labute approximate surface area is 140 Å². The van der Waals surface area contributed by atoms with Gasteiger partial charge in [0.2, 0.25) is 0 Å². The third-order valence-corrected chi connectivity index (χ3v) is 3.26. The van der Waals surface area contributed by atoms with Crippen molar-refractivity contribution in [3.8, 4) is 11.8 Å². The van der Waals surface area contributed by atoms with E-state index in [0.29, 0.717) is 6.42 Å². The number of esters is 1. The molecule has 2 rings (SSSR count). The van der Waals surface area contributed by atoms with E-state index in [9.17, 15) is 22.4 Å². The van der Waals surface area contributed by atoms with Gasteiger partial charge in [-0.2, -0.15) is 14.0 Å². The molecule has 0 heterocycles. The standard InChI is InChI=1S/C18H11F4NO2/c19-15-8-13(9-16(20)14(15)10-23)25-18(24)12-6-4-11(5-7-12)2-1-3-17(21)22/h3-9H,1-2H2. The highest BCUT2D eigenvalue weighted by Crippen LogP contribution is 2.21. The molecule has 0 atom stereocenters. The van der Waals surface area contributed by atoms with Crippen LogP contribution in [0.4, 0.5) is 17.6 Å². The van der Waals surface area contributed by atoms with Gasteiger partial charge in [0, 0.05) is 12.1 Å². The second-order valence-corrected chi connectivity index (χ2v) is 4.99. The Morgan fingerprint density at radius 1 is 1.12 bits per heavy atom. The average Bonchev–Trinajstić information content (AvgIpc) is 2.55. The van der Waals surface area contributed by atoms with Crippen LogP contribution in [0.3, 0.4) is 0 Å². The van der Waals surface area contributed by atoms with Crippen molar-refractivity contribution in [1.29, 1.82) is 5.26 Å². The summed E-state index contributed by atoms with van der Waals surface area (Å²) in [5.41, 5.74) is 0.105. The predicted octanol–water partition coefficient (Wildman–Crippen LogP) is 4.77. The Bertz CT molecular complexity index is 827. The quantitative estimate of drug-likeness (QED) is 0.444. The van der Waals surface area contributed by atoms with Gasteiger partial charge < -0.3 is 4.74 Å². The molecule has 0 saturated heterocycles. The van der Waals surface area contributed by atoms with Gasteiger partial charge in [-0.15, -0.1) is 0 Å². The van der Waals surface area contributed by atoms with E-state index in [1.807, 2.05) is 0 Å². The van der Waals surface area contributed by atoms with Crippen molar-refractivity contribution in [2.75, 3.05) is 0 Å². The van der Waals surface area contributed by atoms with E-state index in [1.54, 1.807) is 12.1 Å². The molecule has 0 aliphatic rings. The van der Waals surface area contributed by atoms with E-state index in [2.05, 4.69) is 0 Å². The smallest absolute Gasteiger partial charge is 0.343 e. The van der Waals surface area contributed by atoms with Crippen molar-refractivity contribution in [3.05, 3.63) is 76.9 Å². The molecule has 0 aliphatic carbocycles. The van der Waals surface area contributed by atoms with Gasteiger partial charge in [-0.3, -0.25) is 0 Å². The largest absolute Gasteiger partial charge is 0.423 e. The molecule has 0 unspecified atom stereocenters. The van der Waals surface area contributed by atoms with Crippen LogP contribution in [-0.4, -0.2) is 5.97 Å². The van der Waals surface area contributed by atoms with E-state index in [4.69, 9.17) is 10.00 Å².